The Kier molecular flexibility index (Phi) is 3.61. The molecule has 0 fully saturated rings. The lowest BCUT2D eigenvalue weighted by Crippen LogP contribution is -2.42. The van der Waals surface area contributed by atoms with Gasteiger partial charge in [-0.15, -0.1) is 0 Å². The molecule has 3 N–H and O–H groups in total. The molecule has 2 aromatic heterocycles. The minimum atomic E-state index is -0.234. The molecule has 3 heterocycles. The minimum absolute atomic E-state index is 0.00167. The third kappa shape index (κ3) is 2.69. The molecule has 0 radical (unpaired) electrons. The number of anilines is 1. The Labute approximate surface area is 126 Å². The van der Waals surface area contributed by atoms with Gasteiger partial charge in [0, 0.05) is 12.1 Å². The summed E-state index contributed by atoms with van der Waals surface area (Å²) in [5.74, 6) is -0.155. The van der Waals surface area contributed by atoms with Gasteiger partial charge in [0.2, 0.25) is 11.9 Å². The summed E-state index contributed by atoms with van der Waals surface area (Å²) in [6.07, 6.45) is 3.50. The maximum absolute atomic E-state index is 12.5. The van der Waals surface area contributed by atoms with Gasteiger partial charge in [-0.3, -0.25) is 19.3 Å². The van der Waals surface area contributed by atoms with Crippen LogP contribution in [0.2, 0.25) is 0 Å². The second-order valence-electron chi connectivity index (χ2n) is 5.40. The molecule has 1 aliphatic heterocycles. The number of hydrogen-bond acceptors (Lipinski definition) is 6. The molecule has 1 unspecified atom stereocenters. The van der Waals surface area contributed by atoms with Crippen LogP contribution in [0.25, 0.3) is 0 Å². The highest BCUT2D eigenvalue weighted by Gasteiger charge is 2.27. The number of nitrogens with one attached hydrogen (secondary N) is 1. The molecule has 1 amide bonds. The molecule has 116 valence electrons. The molecule has 22 heavy (non-hydrogen) atoms. The summed E-state index contributed by atoms with van der Waals surface area (Å²) >= 11 is 0. The van der Waals surface area contributed by atoms with Crippen molar-refractivity contribution in [2.75, 3.05) is 12.3 Å². The number of H-pyrrole nitrogens is 1. The summed E-state index contributed by atoms with van der Waals surface area (Å²) in [6, 6.07) is 0. The minimum Gasteiger partial charge on any atom is -0.369 e. The number of fused-ring (bicyclic) bond motifs is 1. The van der Waals surface area contributed by atoms with Crippen LogP contribution in [-0.2, 0) is 24.3 Å². The third-order valence-corrected chi connectivity index (χ3v) is 3.75. The molecule has 0 aromatic carbocycles. The first-order valence-electron chi connectivity index (χ1n) is 7.03. The van der Waals surface area contributed by atoms with Crippen LogP contribution in [-0.4, -0.2) is 42.1 Å². The van der Waals surface area contributed by atoms with Crippen LogP contribution >= 0.6 is 0 Å². The Morgan fingerprint density at radius 1 is 1.55 bits per heavy atom. The number of nitrogens with two attached hydrogens (primary N) is 1. The summed E-state index contributed by atoms with van der Waals surface area (Å²) in [7, 11) is 0. The molecular weight excluding hydrogens is 286 g/mol. The van der Waals surface area contributed by atoms with Crippen molar-refractivity contribution in [1.29, 1.82) is 0 Å². The van der Waals surface area contributed by atoms with E-state index in [0.717, 1.165) is 0 Å². The number of carbonyl (C=O) groups is 1. The second kappa shape index (κ2) is 5.58. The highest BCUT2D eigenvalue weighted by Crippen LogP contribution is 2.17. The first-order chi connectivity index (χ1) is 10.5. The molecule has 9 nitrogen and oxygen atoms in total. The van der Waals surface area contributed by atoms with E-state index in [1.807, 2.05) is 6.92 Å². The van der Waals surface area contributed by atoms with Crippen molar-refractivity contribution in [3.05, 3.63) is 34.3 Å². The van der Waals surface area contributed by atoms with E-state index < -0.39 is 0 Å². The zero-order valence-corrected chi connectivity index (χ0v) is 12.2. The number of hydrogen-bond donors (Lipinski definition) is 2. The van der Waals surface area contributed by atoms with Gasteiger partial charge in [-0.25, -0.2) is 9.97 Å². The van der Waals surface area contributed by atoms with E-state index in [0.29, 0.717) is 37.3 Å². The number of nitrogens with zero attached hydrogens (tertiary/aromatic N) is 5. The Bertz CT molecular complexity index is 737. The van der Waals surface area contributed by atoms with Gasteiger partial charge in [0.1, 0.15) is 12.7 Å². The van der Waals surface area contributed by atoms with E-state index in [9.17, 15) is 9.59 Å². The average molecular weight is 303 g/mol. The molecule has 2 aromatic rings. The normalized spacial score (nSPS) is 15.4. The van der Waals surface area contributed by atoms with Crippen molar-refractivity contribution in [2.24, 2.45) is 5.92 Å². The molecule has 0 saturated carbocycles. The Morgan fingerprint density at radius 3 is 3.09 bits per heavy atom. The summed E-state index contributed by atoms with van der Waals surface area (Å²) in [5, 5.41) is 4.00. The third-order valence-electron chi connectivity index (χ3n) is 3.75. The Morgan fingerprint density at radius 2 is 2.36 bits per heavy atom. The molecule has 0 saturated heterocycles. The zero-order valence-electron chi connectivity index (χ0n) is 12.2. The summed E-state index contributed by atoms with van der Waals surface area (Å²) < 4.78 is 1.63. The van der Waals surface area contributed by atoms with Crippen molar-refractivity contribution in [3.63, 3.8) is 0 Å². The van der Waals surface area contributed by atoms with E-state index in [1.165, 1.54) is 6.33 Å². The predicted octanol–water partition coefficient (Wildman–Crippen LogP) is -0.835. The molecule has 1 aliphatic rings. The molecule has 0 aliphatic carbocycles. The Hall–Kier alpha value is -2.71. The van der Waals surface area contributed by atoms with Crippen molar-refractivity contribution >= 4 is 11.9 Å². The van der Waals surface area contributed by atoms with Crippen molar-refractivity contribution in [1.82, 2.24) is 29.6 Å². The lowest BCUT2D eigenvalue weighted by molar-refractivity contribution is -0.136. The lowest BCUT2D eigenvalue weighted by Gasteiger charge is -2.29. The first-order valence-corrected chi connectivity index (χ1v) is 7.03. The first kappa shape index (κ1) is 14.2. The van der Waals surface area contributed by atoms with Crippen molar-refractivity contribution < 1.29 is 4.79 Å². The van der Waals surface area contributed by atoms with Crippen LogP contribution in [0.3, 0.4) is 0 Å². The van der Waals surface area contributed by atoms with E-state index >= 15 is 0 Å². The van der Waals surface area contributed by atoms with Gasteiger partial charge in [0.25, 0.3) is 5.56 Å². The van der Waals surface area contributed by atoms with Crippen LogP contribution in [0, 0.1) is 5.92 Å². The quantitative estimate of drug-likeness (QED) is 0.762. The van der Waals surface area contributed by atoms with E-state index in [1.54, 1.807) is 15.9 Å². The van der Waals surface area contributed by atoms with E-state index in [-0.39, 0.29) is 23.3 Å². The number of aromatic nitrogens is 5. The SMILES string of the molecule is CC(Cn1cncn1)C(=O)N1CCc2c(nc(N)[nH]c2=O)C1. The van der Waals surface area contributed by atoms with Crippen LogP contribution in [0.5, 0.6) is 0 Å². The molecule has 9 heteroatoms. The van der Waals surface area contributed by atoms with Gasteiger partial charge >= 0.3 is 0 Å². The lowest BCUT2D eigenvalue weighted by atomic mass is 10.0. The topological polar surface area (TPSA) is 123 Å². The fraction of sp³-hybridized carbons (Fsp3) is 0.462. The Balaban J connectivity index is 1.73. The monoisotopic (exact) mass is 303 g/mol. The molecular formula is C13H17N7O2. The maximum Gasteiger partial charge on any atom is 0.255 e. The maximum atomic E-state index is 12.5. The van der Waals surface area contributed by atoms with Gasteiger partial charge in [-0.2, -0.15) is 5.10 Å². The van der Waals surface area contributed by atoms with Crippen LogP contribution in [0.4, 0.5) is 5.95 Å². The van der Waals surface area contributed by atoms with Gasteiger partial charge < -0.3 is 10.6 Å². The van der Waals surface area contributed by atoms with E-state index in [2.05, 4.69) is 20.1 Å². The number of amides is 1. The van der Waals surface area contributed by atoms with E-state index in [4.69, 9.17) is 5.73 Å². The van der Waals surface area contributed by atoms with Crippen LogP contribution in [0.1, 0.15) is 18.2 Å². The highest BCUT2D eigenvalue weighted by atomic mass is 16.2. The standard InChI is InChI=1S/C13H17N7O2/c1-8(4-20-7-15-6-16-20)12(22)19-3-2-9-10(5-19)17-13(14)18-11(9)21/h6-8H,2-5H2,1H3,(H3,14,17,18,21). The molecule has 0 bridgehead atoms. The van der Waals surface area contributed by atoms with Gasteiger partial charge in [0.15, 0.2) is 0 Å². The average Bonchev–Trinajstić information content (AvgIpc) is 2.98. The van der Waals surface area contributed by atoms with Gasteiger partial charge in [0.05, 0.1) is 24.7 Å². The van der Waals surface area contributed by atoms with Crippen LogP contribution in [0.15, 0.2) is 17.4 Å². The fourth-order valence-electron chi connectivity index (χ4n) is 2.64. The summed E-state index contributed by atoms with van der Waals surface area (Å²) in [6.45, 7) is 3.12. The van der Waals surface area contributed by atoms with Crippen molar-refractivity contribution in [2.45, 2.75) is 26.4 Å². The highest BCUT2D eigenvalue weighted by molar-refractivity contribution is 5.78. The van der Waals surface area contributed by atoms with Crippen LogP contribution < -0.4 is 11.3 Å². The number of aromatic amines is 1. The largest absolute Gasteiger partial charge is 0.369 e. The molecule has 1 atom stereocenters. The molecule has 3 rings (SSSR count). The fourth-order valence-corrected chi connectivity index (χ4v) is 2.64. The smallest absolute Gasteiger partial charge is 0.255 e. The predicted molar refractivity (Wildman–Crippen MR) is 77.6 cm³/mol. The van der Waals surface area contributed by atoms with Gasteiger partial charge in [-0.1, -0.05) is 6.92 Å². The zero-order chi connectivity index (χ0) is 15.7. The number of nitrogen functional groups attached to an aromatic ring is 1. The second-order valence-corrected chi connectivity index (χ2v) is 5.40. The number of carbonyl (C=O) groups excluding carboxylic acids is 1. The summed E-state index contributed by atoms with van der Waals surface area (Å²) in [4.78, 5) is 36.5. The summed E-state index contributed by atoms with van der Waals surface area (Å²) in [5.41, 5.74) is 6.54. The number of rotatable bonds is 3. The van der Waals surface area contributed by atoms with Gasteiger partial charge in [-0.05, 0) is 6.42 Å². The molecule has 0 spiro atoms. The van der Waals surface area contributed by atoms with Crippen molar-refractivity contribution in [3.8, 4) is 0 Å².